The molecule has 0 fully saturated rings. The van der Waals surface area contributed by atoms with Gasteiger partial charge in [0.2, 0.25) is 0 Å². The van der Waals surface area contributed by atoms with Crippen LogP contribution in [0.2, 0.25) is 5.02 Å². The van der Waals surface area contributed by atoms with Gasteiger partial charge in [0.25, 0.3) is 0 Å². The Hall–Kier alpha value is -0.990. The highest BCUT2D eigenvalue weighted by Crippen LogP contribution is 2.31. The highest BCUT2D eigenvalue weighted by atomic mass is 35.5. The van der Waals surface area contributed by atoms with Gasteiger partial charge < -0.3 is 9.84 Å². The Bertz CT molecular complexity index is 374. The fraction of sp³-hybridized carbons (Fsp3) is 0.385. The second-order valence-corrected chi connectivity index (χ2v) is 4.15. The van der Waals surface area contributed by atoms with E-state index in [1.807, 2.05) is 6.92 Å². The molecule has 0 aliphatic carbocycles. The van der Waals surface area contributed by atoms with Crippen molar-refractivity contribution in [2.75, 3.05) is 7.11 Å². The lowest BCUT2D eigenvalue weighted by Gasteiger charge is -2.15. The van der Waals surface area contributed by atoms with E-state index in [-0.39, 0.29) is 0 Å². The first-order chi connectivity index (χ1) is 7.58. The van der Waals surface area contributed by atoms with Crippen LogP contribution in [0.4, 0.5) is 0 Å². The van der Waals surface area contributed by atoms with Crippen LogP contribution in [-0.2, 0) is 0 Å². The summed E-state index contributed by atoms with van der Waals surface area (Å²) in [7, 11) is 1.57. The van der Waals surface area contributed by atoms with Crippen LogP contribution in [0.25, 0.3) is 0 Å². The van der Waals surface area contributed by atoms with E-state index < -0.39 is 6.10 Å². The van der Waals surface area contributed by atoms with Gasteiger partial charge in [-0.05, 0) is 25.0 Å². The number of hydrogen-bond acceptors (Lipinski definition) is 2. The molecular weight excluding hydrogens is 224 g/mol. The molecule has 88 valence electrons. The number of ether oxygens (including phenoxy) is 1. The van der Waals surface area contributed by atoms with Crippen molar-refractivity contribution in [3.8, 4) is 5.75 Å². The lowest BCUT2D eigenvalue weighted by atomic mass is 10.0. The summed E-state index contributed by atoms with van der Waals surface area (Å²) in [6, 6.07) is 5.24. The molecule has 1 rings (SSSR count). The molecular formula is C13H17ClO2. The third kappa shape index (κ3) is 3.26. The Balaban J connectivity index is 2.90. The van der Waals surface area contributed by atoms with Crippen LogP contribution in [0.1, 0.15) is 31.4 Å². The Morgan fingerprint density at radius 3 is 2.81 bits per heavy atom. The van der Waals surface area contributed by atoms with Crippen LogP contribution >= 0.6 is 11.6 Å². The van der Waals surface area contributed by atoms with Crippen LogP contribution in [0.15, 0.2) is 30.4 Å². The fourth-order valence-electron chi connectivity index (χ4n) is 1.49. The third-order valence-corrected chi connectivity index (χ3v) is 2.77. The number of methoxy groups -OCH3 is 1. The van der Waals surface area contributed by atoms with Gasteiger partial charge in [-0.3, -0.25) is 0 Å². The zero-order chi connectivity index (χ0) is 12.1. The van der Waals surface area contributed by atoms with Crippen LogP contribution < -0.4 is 4.74 Å². The molecule has 16 heavy (non-hydrogen) atoms. The first-order valence-electron chi connectivity index (χ1n) is 5.26. The standard InChI is InChI=1S/C13H17ClO2/c1-4-9(2)7-12(15)11-6-5-10(14)8-13(11)16-3/h5-6,8,12,15H,2,4,7H2,1,3H3. The molecule has 0 spiro atoms. The molecule has 1 atom stereocenters. The van der Waals surface area contributed by atoms with Gasteiger partial charge in [-0.25, -0.2) is 0 Å². The topological polar surface area (TPSA) is 29.5 Å². The summed E-state index contributed by atoms with van der Waals surface area (Å²) < 4.78 is 5.19. The van der Waals surface area contributed by atoms with Crippen LogP contribution in [0, 0.1) is 0 Å². The molecule has 1 N–H and O–H groups in total. The molecule has 0 heterocycles. The summed E-state index contributed by atoms with van der Waals surface area (Å²) >= 11 is 5.85. The van der Waals surface area contributed by atoms with Gasteiger partial charge in [-0.2, -0.15) is 0 Å². The summed E-state index contributed by atoms with van der Waals surface area (Å²) in [5.41, 5.74) is 1.77. The highest BCUT2D eigenvalue weighted by Gasteiger charge is 2.14. The summed E-state index contributed by atoms with van der Waals surface area (Å²) in [6.45, 7) is 5.91. The quantitative estimate of drug-likeness (QED) is 0.795. The summed E-state index contributed by atoms with van der Waals surface area (Å²) in [5, 5.41) is 10.6. The molecule has 0 radical (unpaired) electrons. The molecule has 0 saturated heterocycles. The van der Waals surface area contributed by atoms with Gasteiger partial charge in [0.15, 0.2) is 0 Å². The molecule has 0 aliphatic rings. The predicted octanol–water partition coefficient (Wildman–Crippen LogP) is 3.74. The average molecular weight is 241 g/mol. The van der Waals surface area contributed by atoms with Gasteiger partial charge >= 0.3 is 0 Å². The summed E-state index contributed by atoms with van der Waals surface area (Å²) in [4.78, 5) is 0. The normalized spacial score (nSPS) is 12.2. The van der Waals surface area contributed by atoms with Crippen molar-refractivity contribution in [3.05, 3.63) is 40.9 Å². The number of hydrogen-bond donors (Lipinski definition) is 1. The molecule has 1 unspecified atom stereocenters. The highest BCUT2D eigenvalue weighted by molar-refractivity contribution is 6.30. The Kier molecular flexibility index (Phi) is 4.84. The first kappa shape index (κ1) is 13.1. The zero-order valence-electron chi connectivity index (χ0n) is 9.66. The summed E-state index contributed by atoms with van der Waals surface area (Å²) in [6.07, 6.45) is 0.834. The second kappa shape index (κ2) is 5.92. The van der Waals surface area contributed by atoms with E-state index in [1.54, 1.807) is 25.3 Å². The van der Waals surface area contributed by atoms with Gasteiger partial charge in [0, 0.05) is 10.6 Å². The Labute approximate surface area is 102 Å². The maximum Gasteiger partial charge on any atom is 0.126 e. The predicted molar refractivity (Wildman–Crippen MR) is 67.0 cm³/mol. The maximum absolute atomic E-state index is 10.0. The van der Waals surface area contributed by atoms with E-state index in [9.17, 15) is 5.11 Å². The minimum atomic E-state index is -0.584. The van der Waals surface area contributed by atoms with Crippen LogP contribution in [0.5, 0.6) is 5.75 Å². The van der Waals surface area contributed by atoms with Crippen molar-refractivity contribution in [1.29, 1.82) is 0 Å². The van der Waals surface area contributed by atoms with Crippen molar-refractivity contribution in [1.82, 2.24) is 0 Å². The number of rotatable bonds is 5. The van der Waals surface area contributed by atoms with Crippen molar-refractivity contribution >= 4 is 11.6 Å². The number of benzene rings is 1. The van der Waals surface area contributed by atoms with E-state index in [0.29, 0.717) is 17.2 Å². The van der Waals surface area contributed by atoms with Crippen LogP contribution in [-0.4, -0.2) is 12.2 Å². The molecule has 2 nitrogen and oxygen atoms in total. The molecule has 0 aromatic heterocycles. The van der Waals surface area contributed by atoms with E-state index in [1.165, 1.54) is 0 Å². The van der Waals surface area contributed by atoms with E-state index in [0.717, 1.165) is 17.6 Å². The van der Waals surface area contributed by atoms with Crippen molar-refractivity contribution in [2.45, 2.75) is 25.9 Å². The second-order valence-electron chi connectivity index (χ2n) is 3.71. The summed E-state index contributed by atoms with van der Waals surface area (Å²) in [5.74, 6) is 0.615. The van der Waals surface area contributed by atoms with E-state index >= 15 is 0 Å². The molecule has 3 heteroatoms. The lowest BCUT2D eigenvalue weighted by Crippen LogP contribution is -2.01. The maximum atomic E-state index is 10.0. The van der Waals surface area contributed by atoms with E-state index in [2.05, 4.69) is 6.58 Å². The van der Waals surface area contributed by atoms with Gasteiger partial charge in [-0.1, -0.05) is 36.7 Å². The SMILES string of the molecule is C=C(CC)CC(O)c1ccc(Cl)cc1OC. The number of halogens is 1. The van der Waals surface area contributed by atoms with Crippen LogP contribution in [0.3, 0.4) is 0 Å². The largest absolute Gasteiger partial charge is 0.496 e. The molecule has 0 amide bonds. The van der Waals surface area contributed by atoms with Crippen molar-refractivity contribution in [2.24, 2.45) is 0 Å². The van der Waals surface area contributed by atoms with Gasteiger partial charge in [0.05, 0.1) is 13.2 Å². The average Bonchev–Trinajstić information content (AvgIpc) is 2.28. The lowest BCUT2D eigenvalue weighted by molar-refractivity contribution is 0.173. The Morgan fingerprint density at radius 1 is 1.56 bits per heavy atom. The zero-order valence-corrected chi connectivity index (χ0v) is 10.4. The third-order valence-electron chi connectivity index (χ3n) is 2.54. The Morgan fingerprint density at radius 2 is 2.25 bits per heavy atom. The van der Waals surface area contributed by atoms with Crippen molar-refractivity contribution in [3.63, 3.8) is 0 Å². The van der Waals surface area contributed by atoms with Gasteiger partial charge in [-0.15, -0.1) is 0 Å². The smallest absolute Gasteiger partial charge is 0.126 e. The molecule has 0 bridgehead atoms. The minimum absolute atomic E-state index is 0.550. The molecule has 0 aliphatic heterocycles. The monoisotopic (exact) mass is 240 g/mol. The molecule has 1 aromatic carbocycles. The molecule has 0 saturated carbocycles. The van der Waals surface area contributed by atoms with Crippen molar-refractivity contribution < 1.29 is 9.84 Å². The molecule has 1 aromatic rings. The van der Waals surface area contributed by atoms with E-state index in [4.69, 9.17) is 16.3 Å². The fourth-order valence-corrected chi connectivity index (χ4v) is 1.65. The first-order valence-corrected chi connectivity index (χ1v) is 5.64. The minimum Gasteiger partial charge on any atom is -0.496 e. The van der Waals surface area contributed by atoms with Gasteiger partial charge in [0.1, 0.15) is 5.75 Å². The number of aliphatic hydroxyl groups excluding tert-OH is 1. The number of aliphatic hydroxyl groups is 1.